The predicted molar refractivity (Wildman–Crippen MR) is 41.9 cm³/mol. The van der Waals surface area contributed by atoms with E-state index in [0.29, 0.717) is 5.71 Å². The van der Waals surface area contributed by atoms with Gasteiger partial charge >= 0.3 is 0 Å². The first-order valence-corrected chi connectivity index (χ1v) is 3.20. The minimum atomic E-state index is 0.629. The Morgan fingerprint density at radius 3 is 3.27 bits per heavy atom. The molecular weight excluding hydrogens is 138 g/mol. The van der Waals surface area contributed by atoms with Gasteiger partial charge < -0.3 is 4.42 Å². The Labute approximate surface area is 63.9 Å². The van der Waals surface area contributed by atoms with E-state index in [0.717, 1.165) is 10.9 Å². The summed E-state index contributed by atoms with van der Waals surface area (Å²) < 4.78 is 5.04. The maximum absolute atomic E-state index is 5.19. The van der Waals surface area contributed by atoms with Crippen molar-refractivity contribution in [2.45, 2.75) is 0 Å². The molecule has 2 rings (SSSR count). The summed E-state index contributed by atoms with van der Waals surface area (Å²) >= 11 is 0. The molecule has 2 heteroatoms. The van der Waals surface area contributed by atoms with Crippen molar-refractivity contribution in [1.82, 2.24) is 4.98 Å². The molecule has 0 bridgehead atoms. The van der Waals surface area contributed by atoms with Crippen molar-refractivity contribution in [2.75, 3.05) is 0 Å². The van der Waals surface area contributed by atoms with Gasteiger partial charge in [0.25, 0.3) is 0 Å². The number of hydrogen-bond acceptors (Lipinski definition) is 2. The van der Waals surface area contributed by atoms with E-state index in [9.17, 15) is 0 Å². The molecule has 2 heterocycles. The standard InChI is InChI=1S/C9H5NO/c1-2-7-5-8-3-4-11-9(8)10-6-7/h1,3-6H. The zero-order valence-electron chi connectivity index (χ0n) is 5.74. The van der Waals surface area contributed by atoms with E-state index in [4.69, 9.17) is 10.8 Å². The lowest BCUT2D eigenvalue weighted by atomic mass is 10.2. The molecule has 0 fully saturated rings. The van der Waals surface area contributed by atoms with Gasteiger partial charge in [-0.05, 0) is 12.1 Å². The summed E-state index contributed by atoms with van der Waals surface area (Å²) in [4.78, 5) is 4.00. The first-order valence-electron chi connectivity index (χ1n) is 3.20. The molecule has 52 valence electrons. The molecule has 0 atom stereocenters. The molecule has 0 saturated carbocycles. The van der Waals surface area contributed by atoms with Crippen LogP contribution in [0, 0.1) is 12.3 Å². The zero-order valence-corrected chi connectivity index (χ0v) is 5.74. The quantitative estimate of drug-likeness (QED) is 0.525. The second kappa shape index (κ2) is 2.14. The fourth-order valence-corrected chi connectivity index (χ4v) is 0.938. The third-order valence-corrected chi connectivity index (χ3v) is 1.47. The van der Waals surface area contributed by atoms with Gasteiger partial charge in [0, 0.05) is 17.1 Å². The largest absolute Gasteiger partial charge is 0.446 e. The monoisotopic (exact) mass is 143 g/mol. The van der Waals surface area contributed by atoms with E-state index in [1.165, 1.54) is 0 Å². The maximum Gasteiger partial charge on any atom is 0.225 e. The van der Waals surface area contributed by atoms with E-state index >= 15 is 0 Å². The molecule has 0 unspecified atom stereocenters. The van der Waals surface area contributed by atoms with Crippen LogP contribution >= 0.6 is 0 Å². The van der Waals surface area contributed by atoms with Gasteiger partial charge in [0.05, 0.1) is 6.26 Å². The molecule has 0 aliphatic carbocycles. The normalized spacial score (nSPS) is 9.73. The molecule has 0 aliphatic heterocycles. The van der Waals surface area contributed by atoms with Gasteiger partial charge in [0.2, 0.25) is 5.71 Å². The van der Waals surface area contributed by atoms with E-state index < -0.39 is 0 Å². The van der Waals surface area contributed by atoms with Crippen LogP contribution < -0.4 is 0 Å². The van der Waals surface area contributed by atoms with Gasteiger partial charge in [0.15, 0.2) is 0 Å². The summed E-state index contributed by atoms with van der Waals surface area (Å²) in [6.07, 6.45) is 8.40. The Kier molecular flexibility index (Phi) is 1.16. The molecule has 2 aromatic heterocycles. The number of terminal acetylenes is 1. The highest BCUT2D eigenvalue weighted by atomic mass is 16.3. The third kappa shape index (κ3) is 0.870. The van der Waals surface area contributed by atoms with Gasteiger partial charge in [-0.3, -0.25) is 0 Å². The number of furan rings is 1. The number of rotatable bonds is 0. The Balaban J connectivity index is 2.79. The number of nitrogens with zero attached hydrogens (tertiary/aromatic N) is 1. The zero-order chi connectivity index (χ0) is 7.68. The second-order valence-corrected chi connectivity index (χ2v) is 2.18. The highest BCUT2D eigenvalue weighted by molar-refractivity contribution is 5.74. The first-order chi connectivity index (χ1) is 5.40. The minimum Gasteiger partial charge on any atom is -0.446 e. The molecule has 0 saturated heterocycles. The molecular formula is C9H5NO. The van der Waals surface area contributed by atoms with Crippen LogP contribution in [-0.4, -0.2) is 4.98 Å². The van der Waals surface area contributed by atoms with Crippen molar-refractivity contribution in [3.8, 4) is 12.3 Å². The van der Waals surface area contributed by atoms with Crippen molar-refractivity contribution >= 4 is 11.1 Å². The summed E-state index contributed by atoms with van der Waals surface area (Å²) in [5, 5.41) is 0.945. The lowest BCUT2D eigenvalue weighted by Crippen LogP contribution is -1.76. The molecule has 11 heavy (non-hydrogen) atoms. The van der Waals surface area contributed by atoms with E-state index in [1.54, 1.807) is 12.5 Å². The fraction of sp³-hybridized carbons (Fsp3) is 0. The van der Waals surface area contributed by atoms with Crippen LogP contribution in [0.25, 0.3) is 11.1 Å². The van der Waals surface area contributed by atoms with Crippen molar-refractivity contribution < 1.29 is 4.42 Å². The first kappa shape index (κ1) is 5.99. The highest BCUT2D eigenvalue weighted by Gasteiger charge is 1.96. The molecule has 0 amide bonds. The van der Waals surface area contributed by atoms with Gasteiger partial charge in [-0.2, -0.15) is 0 Å². The lowest BCUT2D eigenvalue weighted by Gasteiger charge is -1.87. The van der Waals surface area contributed by atoms with Crippen LogP contribution in [0.4, 0.5) is 0 Å². The second-order valence-electron chi connectivity index (χ2n) is 2.18. The third-order valence-electron chi connectivity index (χ3n) is 1.47. The van der Waals surface area contributed by atoms with Crippen molar-refractivity contribution in [3.05, 3.63) is 30.2 Å². The van der Waals surface area contributed by atoms with E-state index in [2.05, 4.69) is 10.9 Å². The van der Waals surface area contributed by atoms with Gasteiger partial charge in [-0.25, -0.2) is 4.98 Å². The van der Waals surface area contributed by atoms with E-state index in [-0.39, 0.29) is 0 Å². The number of hydrogen-bond donors (Lipinski definition) is 0. The van der Waals surface area contributed by atoms with Gasteiger partial charge in [-0.15, -0.1) is 6.42 Å². The van der Waals surface area contributed by atoms with Crippen LogP contribution in [0.15, 0.2) is 29.0 Å². The average molecular weight is 143 g/mol. The van der Waals surface area contributed by atoms with Crippen molar-refractivity contribution in [2.24, 2.45) is 0 Å². The molecule has 2 nitrogen and oxygen atoms in total. The molecule has 0 spiro atoms. The Morgan fingerprint density at radius 1 is 1.55 bits per heavy atom. The summed E-state index contributed by atoms with van der Waals surface area (Å²) in [6, 6.07) is 3.70. The Hall–Kier alpha value is -1.75. The van der Waals surface area contributed by atoms with Gasteiger partial charge in [-0.1, -0.05) is 5.92 Å². The van der Waals surface area contributed by atoms with Crippen LogP contribution in [0.2, 0.25) is 0 Å². The van der Waals surface area contributed by atoms with Crippen molar-refractivity contribution in [1.29, 1.82) is 0 Å². The predicted octanol–water partition coefficient (Wildman–Crippen LogP) is 1.81. The lowest BCUT2D eigenvalue weighted by molar-refractivity contribution is 0.603. The number of fused-ring (bicyclic) bond motifs is 1. The summed E-state index contributed by atoms with van der Waals surface area (Å²) in [6.45, 7) is 0. The Bertz CT molecular complexity index is 422. The maximum atomic E-state index is 5.19. The number of aromatic nitrogens is 1. The Morgan fingerprint density at radius 2 is 2.45 bits per heavy atom. The van der Waals surface area contributed by atoms with Crippen LogP contribution in [0.1, 0.15) is 5.56 Å². The van der Waals surface area contributed by atoms with E-state index in [1.807, 2.05) is 12.1 Å². The molecule has 0 N–H and O–H groups in total. The highest BCUT2D eigenvalue weighted by Crippen LogP contribution is 2.12. The van der Waals surface area contributed by atoms with Crippen LogP contribution in [-0.2, 0) is 0 Å². The summed E-state index contributed by atoms with van der Waals surface area (Å²) in [5.41, 5.74) is 1.41. The smallest absolute Gasteiger partial charge is 0.225 e. The topological polar surface area (TPSA) is 26.0 Å². The molecule has 0 aliphatic rings. The van der Waals surface area contributed by atoms with Crippen LogP contribution in [0.5, 0.6) is 0 Å². The number of pyridine rings is 1. The fourth-order valence-electron chi connectivity index (χ4n) is 0.938. The summed E-state index contributed by atoms with van der Waals surface area (Å²) in [5.74, 6) is 2.50. The minimum absolute atomic E-state index is 0.629. The molecule has 0 radical (unpaired) electrons. The molecule has 2 aromatic rings. The average Bonchev–Trinajstić information content (AvgIpc) is 2.50. The van der Waals surface area contributed by atoms with Crippen molar-refractivity contribution in [3.63, 3.8) is 0 Å². The SMILES string of the molecule is C#Cc1cnc2occc2c1. The van der Waals surface area contributed by atoms with Gasteiger partial charge in [0.1, 0.15) is 0 Å². The molecule has 0 aromatic carbocycles. The summed E-state index contributed by atoms with van der Waals surface area (Å²) in [7, 11) is 0. The van der Waals surface area contributed by atoms with Crippen LogP contribution in [0.3, 0.4) is 0 Å².